The monoisotopic (exact) mass is 131 g/mol. The molecule has 0 bridgehead atoms. The Morgan fingerprint density at radius 2 is 2.00 bits per heavy atom. The van der Waals surface area contributed by atoms with E-state index in [4.69, 9.17) is 0 Å². The molecule has 0 amide bonds. The van der Waals surface area contributed by atoms with Gasteiger partial charge in [-0.25, -0.2) is 0 Å². The van der Waals surface area contributed by atoms with E-state index < -0.39 is 5.97 Å². The van der Waals surface area contributed by atoms with E-state index in [9.17, 15) is 9.90 Å². The van der Waals surface area contributed by atoms with Crippen molar-refractivity contribution in [2.45, 2.75) is 0 Å². The Labute approximate surface area is 71.3 Å². The summed E-state index contributed by atoms with van der Waals surface area (Å²) in [6.07, 6.45) is 0. The molecule has 0 aromatic carbocycles. The van der Waals surface area contributed by atoms with E-state index in [-0.39, 0.29) is 43.5 Å². The van der Waals surface area contributed by atoms with E-state index in [0.29, 0.717) is 0 Å². The van der Waals surface area contributed by atoms with Crippen molar-refractivity contribution in [3.8, 4) is 0 Å². The summed E-state index contributed by atoms with van der Waals surface area (Å²) in [5.74, 6) is -1.33. The number of rotatable bonds is 1. The molecule has 0 saturated heterocycles. The molecule has 0 aliphatic rings. The van der Waals surface area contributed by atoms with Gasteiger partial charge in [-0.15, -0.1) is 0 Å². The quantitative estimate of drug-likeness (QED) is 0.340. The molecule has 4 heteroatoms. The second-order valence-electron chi connectivity index (χ2n) is 0.530. The van der Waals surface area contributed by atoms with Crippen molar-refractivity contribution in [3.63, 3.8) is 0 Å². The van der Waals surface area contributed by atoms with Gasteiger partial charge in [0.25, 0.3) is 0 Å². The van der Waals surface area contributed by atoms with Gasteiger partial charge in [-0.05, 0) is 0 Å². The van der Waals surface area contributed by atoms with Crippen LogP contribution in [0.2, 0.25) is 0 Å². The summed E-state index contributed by atoms with van der Waals surface area (Å²) >= 11 is 3.35. The molecule has 0 aromatic rings. The first-order valence-corrected chi connectivity index (χ1v) is 1.71. The van der Waals surface area contributed by atoms with E-state index in [1.807, 2.05) is 0 Å². The fraction of sp³-hybridized carbons (Fsp3) is 0.500. The summed E-state index contributed by atoms with van der Waals surface area (Å²) in [5, 5.41) is 9.18. The molecule has 0 spiro atoms. The predicted molar refractivity (Wildman–Crippen MR) is 24.6 cm³/mol. The van der Waals surface area contributed by atoms with E-state index in [1.165, 1.54) is 0 Å². The SMILES string of the molecule is O=C([O-])CS.[Ca+2]. The molecule has 0 rings (SSSR count). The number of aliphatic carboxylic acids is 1. The molecule has 6 heavy (non-hydrogen) atoms. The van der Waals surface area contributed by atoms with Crippen LogP contribution in [0.25, 0.3) is 0 Å². The van der Waals surface area contributed by atoms with E-state index in [1.54, 1.807) is 0 Å². The Morgan fingerprint density at radius 3 is 2.00 bits per heavy atom. The van der Waals surface area contributed by atoms with E-state index in [2.05, 4.69) is 12.6 Å². The van der Waals surface area contributed by atoms with Crippen LogP contribution in [0.3, 0.4) is 0 Å². The van der Waals surface area contributed by atoms with Gasteiger partial charge in [0.05, 0.1) is 5.97 Å². The topological polar surface area (TPSA) is 40.1 Å². The van der Waals surface area contributed by atoms with Crippen LogP contribution in [0.5, 0.6) is 0 Å². The molecule has 0 atom stereocenters. The van der Waals surface area contributed by atoms with Gasteiger partial charge in [0.15, 0.2) is 0 Å². The van der Waals surface area contributed by atoms with Gasteiger partial charge in [0.2, 0.25) is 0 Å². The number of hydrogen-bond donors (Lipinski definition) is 1. The van der Waals surface area contributed by atoms with Crippen LogP contribution in [0.1, 0.15) is 0 Å². The molecule has 0 aromatic heterocycles. The van der Waals surface area contributed by atoms with Gasteiger partial charge in [0.1, 0.15) is 0 Å². The van der Waals surface area contributed by atoms with Crippen molar-refractivity contribution < 1.29 is 9.90 Å². The van der Waals surface area contributed by atoms with Crippen LogP contribution < -0.4 is 5.11 Å². The molecule has 0 aliphatic heterocycles. The maximum atomic E-state index is 9.18. The number of hydrogen-bond acceptors (Lipinski definition) is 3. The van der Waals surface area contributed by atoms with Crippen LogP contribution in [-0.2, 0) is 4.79 Å². The summed E-state index contributed by atoms with van der Waals surface area (Å²) in [7, 11) is 0. The van der Waals surface area contributed by atoms with Crippen molar-refractivity contribution in [1.29, 1.82) is 0 Å². The normalized spacial score (nSPS) is 6.17. The van der Waals surface area contributed by atoms with Gasteiger partial charge in [0, 0.05) is 5.75 Å². The zero-order valence-corrected chi connectivity index (χ0v) is 6.28. The predicted octanol–water partition coefficient (Wildman–Crippen LogP) is -1.71. The van der Waals surface area contributed by atoms with E-state index in [0.717, 1.165) is 0 Å². The maximum Gasteiger partial charge on any atom is 2.00 e. The third kappa shape index (κ3) is 8.91. The smallest absolute Gasteiger partial charge is 0.549 e. The van der Waals surface area contributed by atoms with Crippen LogP contribution in [0.15, 0.2) is 0 Å². The van der Waals surface area contributed by atoms with Crippen molar-refractivity contribution in [2.75, 3.05) is 5.75 Å². The summed E-state index contributed by atoms with van der Waals surface area (Å²) in [6, 6.07) is 0. The van der Waals surface area contributed by atoms with Gasteiger partial charge in [-0.2, -0.15) is 12.6 Å². The van der Waals surface area contributed by atoms with Crippen molar-refractivity contribution in [1.82, 2.24) is 0 Å². The molecule has 0 saturated carbocycles. The number of carboxylic acids is 1. The molecular formula is C2H3CaO2S+. The van der Waals surface area contributed by atoms with Crippen LogP contribution in [-0.4, -0.2) is 49.5 Å². The average Bonchev–Trinajstić information content (AvgIpc) is 1.38. The number of carbonyl (C=O) groups is 1. The molecule has 0 radical (unpaired) electrons. The molecule has 0 aliphatic carbocycles. The summed E-state index contributed by atoms with van der Waals surface area (Å²) < 4.78 is 0. The third-order valence-electron chi connectivity index (χ3n) is 0.129. The minimum absolute atomic E-state index is 0. The second kappa shape index (κ2) is 6.08. The Balaban J connectivity index is 0. The number of carbonyl (C=O) groups excluding carboxylic acids is 1. The van der Waals surface area contributed by atoms with Crippen molar-refractivity contribution >= 4 is 56.3 Å². The largest absolute Gasteiger partial charge is 2.00 e. The van der Waals surface area contributed by atoms with E-state index >= 15 is 0 Å². The first-order chi connectivity index (χ1) is 2.27. The maximum absolute atomic E-state index is 9.18. The fourth-order valence-corrected chi connectivity index (χ4v) is 0. The standard InChI is InChI=1S/C2H4O2S.Ca/c3-2(4)1-5;/h5H,1H2,(H,3,4);/q;+2/p-1. The first kappa shape index (κ1) is 10.1. The summed E-state index contributed by atoms with van der Waals surface area (Å²) in [6.45, 7) is 0. The van der Waals surface area contributed by atoms with Crippen LogP contribution >= 0.6 is 12.6 Å². The molecule has 30 valence electrons. The Morgan fingerprint density at radius 1 is 1.83 bits per heavy atom. The summed E-state index contributed by atoms with van der Waals surface area (Å²) in [4.78, 5) is 9.18. The molecule has 0 fully saturated rings. The Bertz CT molecular complexity index is 46.8. The molecular weight excluding hydrogens is 128 g/mol. The number of thiol groups is 1. The Kier molecular flexibility index (Phi) is 10.3. The Hall–Kier alpha value is 1.08. The van der Waals surface area contributed by atoms with Gasteiger partial charge in [-0.1, -0.05) is 0 Å². The molecule has 2 nitrogen and oxygen atoms in total. The van der Waals surface area contributed by atoms with Crippen molar-refractivity contribution in [2.24, 2.45) is 0 Å². The number of carboxylic acid groups (broad SMARTS) is 1. The first-order valence-electron chi connectivity index (χ1n) is 1.08. The minimum atomic E-state index is -1.13. The van der Waals surface area contributed by atoms with Crippen LogP contribution in [0.4, 0.5) is 0 Å². The van der Waals surface area contributed by atoms with Gasteiger partial charge < -0.3 is 9.90 Å². The van der Waals surface area contributed by atoms with Gasteiger partial charge >= 0.3 is 37.7 Å². The second-order valence-corrected chi connectivity index (χ2v) is 0.846. The molecule has 0 N–H and O–H groups in total. The zero-order valence-electron chi connectivity index (χ0n) is 3.18. The zero-order chi connectivity index (χ0) is 4.28. The van der Waals surface area contributed by atoms with Crippen molar-refractivity contribution in [3.05, 3.63) is 0 Å². The third-order valence-corrected chi connectivity index (χ3v) is 0.387. The molecule has 0 heterocycles. The average molecular weight is 131 g/mol. The molecule has 0 unspecified atom stereocenters. The van der Waals surface area contributed by atoms with Gasteiger partial charge in [-0.3, -0.25) is 0 Å². The van der Waals surface area contributed by atoms with Crippen LogP contribution in [0, 0.1) is 0 Å². The minimum Gasteiger partial charge on any atom is -0.549 e. The fourth-order valence-electron chi connectivity index (χ4n) is 0. The summed E-state index contributed by atoms with van der Waals surface area (Å²) in [5.41, 5.74) is 0.